The van der Waals surface area contributed by atoms with E-state index in [1.54, 1.807) is 0 Å². The minimum absolute atomic E-state index is 2.61. The predicted molar refractivity (Wildman–Crippen MR) is 51.0 cm³/mol. The molecule has 0 saturated carbocycles. The Morgan fingerprint density at radius 2 is 0.600 bits per heavy atom. The molecule has 96 valence electrons. The van der Waals surface area contributed by atoms with Gasteiger partial charge in [-0.1, -0.05) is 0 Å². The van der Waals surface area contributed by atoms with Gasteiger partial charge in [0.2, 0.25) is 0 Å². The smallest absolute Gasteiger partial charge is 0.328 e. The Bertz CT molecular complexity index is 83.3. The van der Waals surface area contributed by atoms with Crippen LogP contribution < -0.4 is 0 Å². The van der Waals surface area contributed by atoms with Gasteiger partial charge in [0, 0.05) is 0 Å². The van der Waals surface area contributed by atoms with Crippen molar-refractivity contribution in [3.8, 4) is 0 Å². The van der Waals surface area contributed by atoms with Crippen LogP contribution in [0.2, 0.25) is 0 Å². The lowest BCUT2D eigenvalue weighted by Gasteiger charge is -2.00. The topological polar surface area (TPSA) is 212 Å². The molecule has 0 rings (SSSR count). The first-order chi connectivity index (χ1) is 6.59. The molecule has 0 saturated heterocycles. The SMILES string of the molecule is OP(O)O.OP(O)O.OP(O)OP(O)O. The van der Waals surface area contributed by atoms with E-state index in [2.05, 4.69) is 4.31 Å². The second-order valence-electron chi connectivity index (χ2n) is 1.12. The van der Waals surface area contributed by atoms with Crippen LogP contribution in [0, 0.1) is 0 Å². The normalized spacial score (nSPS) is 10.0. The van der Waals surface area contributed by atoms with Gasteiger partial charge >= 0.3 is 34.4 Å². The average molecular weight is 310 g/mol. The molecule has 0 aromatic carbocycles. The molecule has 0 amide bonds. The largest absolute Gasteiger partial charge is 0.334 e. The van der Waals surface area contributed by atoms with Crippen LogP contribution in [0.3, 0.4) is 0 Å². The zero-order chi connectivity index (χ0) is 13.0. The van der Waals surface area contributed by atoms with Gasteiger partial charge in [-0.3, -0.25) is 0 Å². The Kier molecular flexibility index (Phi) is 22.0. The van der Waals surface area contributed by atoms with E-state index in [1.165, 1.54) is 0 Å². The van der Waals surface area contributed by atoms with Crippen LogP contribution in [0.25, 0.3) is 0 Å². The van der Waals surface area contributed by atoms with Gasteiger partial charge in [0.05, 0.1) is 0 Å². The minimum atomic E-state index is -2.62. The summed E-state index contributed by atoms with van der Waals surface area (Å²) in [5, 5.41) is 0. The summed E-state index contributed by atoms with van der Waals surface area (Å²) in [6.45, 7) is 0. The first-order valence-corrected chi connectivity index (χ1v) is 7.10. The molecule has 10 N–H and O–H groups in total. The average Bonchev–Trinajstić information content (AvgIpc) is 1.78. The second kappa shape index (κ2) is 15.3. The number of rotatable bonds is 2. The number of hydrogen-bond donors (Lipinski definition) is 10. The van der Waals surface area contributed by atoms with Crippen molar-refractivity contribution in [1.82, 2.24) is 0 Å². The Balaban J connectivity index is -0.000000155. The Hall–Kier alpha value is 1.28. The van der Waals surface area contributed by atoms with E-state index in [1.807, 2.05) is 0 Å². The van der Waals surface area contributed by atoms with Gasteiger partial charge in [-0.25, -0.2) is 4.31 Å². The third kappa shape index (κ3) is 96.7. The van der Waals surface area contributed by atoms with Crippen LogP contribution in [0.15, 0.2) is 0 Å². The number of hydrogen-bond acceptors (Lipinski definition) is 11. The molecule has 0 bridgehead atoms. The minimum Gasteiger partial charge on any atom is -0.328 e. The zero-order valence-corrected chi connectivity index (χ0v) is 10.2. The summed E-state index contributed by atoms with van der Waals surface area (Å²) >= 11 is 0. The fraction of sp³-hybridized carbons (Fsp3) is 0. The molecule has 0 spiro atoms. The van der Waals surface area contributed by atoms with E-state index < -0.39 is 34.4 Å². The molecule has 0 radical (unpaired) electrons. The van der Waals surface area contributed by atoms with Crippen molar-refractivity contribution in [2.75, 3.05) is 0 Å². The highest BCUT2D eigenvalue weighted by molar-refractivity contribution is 7.53. The third-order valence-electron chi connectivity index (χ3n) is 0.146. The highest BCUT2D eigenvalue weighted by Crippen LogP contribution is 2.41. The zero-order valence-electron chi connectivity index (χ0n) is 6.67. The van der Waals surface area contributed by atoms with Crippen molar-refractivity contribution >= 4 is 34.4 Å². The summed E-state index contributed by atoms with van der Waals surface area (Å²) in [6, 6.07) is 0. The van der Waals surface area contributed by atoms with E-state index in [-0.39, 0.29) is 0 Å². The van der Waals surface area contributed by atoms with Gasteiger partial charge in [-0.15, -0.1) is 0 Å². The van der Waals surface area contributed by atoms with Crippen molar-refractivity contribution in [1.29, 1.82) is 0 Å². The quantitative estimate of drug-likeness (QED) is 0.247. The predicted octanol–water partition coefficient (Wildman–Crippen LogP) is -2.19. The Morgan fingerprint density at radius 1 is 0.467 bits per heavy atom. The lowest BCUT2D eigenvalue weighted by molar-refractivity contribution is 0.324. The van der Waals surface area contributed by atoms with Crippen molar-refractivity contribution in [3.05, 3.63) is 0 Å². The maximum Gasteiger partial charge on any atom is 0.334 e. The molecule has 0 aromatic heterocycles. The summed E-state index contributed by atoms with van der Waals surface area (Å²) in [4.78, 5) is 74.7. The second-order valence-corrected chi connectivity index (χ2v) is 3.86. The molecule has 0 aromatic rings. The van der Waals surface area contributed by atoms with Gasteiger partial charge in [-0.2, -0.15) is 0 Å². The van der Waals surface area contributed by atoms with E-state index in [0.29, 0.717) is 0 Å². The van der Waals surface area contributed by atoms with Crippen LogP contribution in [0.5, 0.6) is 0 Å². The molecule has 11 nitrogen and oxygen atoms in total. The summed E-state index contributed by atoms with van der Waals surface area (Å²) in [6.07, 6.45) is 0. The summed E-state index contributed by atoms with van der Waals surface area (Å²) < 4.78 is 3.60. The van der Waals surface area contributed by atoms with Gasteiger partial charge in [0.1, 0.15) is 0 Å². The first-order valence-electron chi connectivity index (χ1n) is 2.37. The van der Waals surface area contributed by atoms with Crippen LogP contribution in [-0.2, 0) is 4.31 Å². The molecule has 0 fully saturated rings. The van der Waals surface area contributed by atoms with Crippen LogP contribution >= 0.6 is 34.4 Å². The van der Waals surface area contributed by atoms with Crippen LogP contribution in [-0.4, -0.2) is 48.9 Å². The van der Waals surface area contributed by atoms with E-state index in [4.69, 9.17) is 48.9 Å². The van der Waals surface area contributed by atoms with Gasteiger partial charge in [-0.05, 0) is 0 Å². The fourth-order valence-electron chi connectivity index (χ4n) is 0.0653. The lowest BCUT2D eigenvalue weighted by Crippen LogP contribution is -1.73. The van der Waals surface area contributed by atoms with Crippen molar-refractivity contribution in [2.45, 2.75) is 0 Å². The van der Waals surface area contributed by atoms with Gasteiger partial charge in [0.15, 0.2) is 0 Å². The molecule has 0 aliphatic carbocycles. The van der Waals surface area contributed by atoms with Gasteiger partial charge in [0.25, 0.3) is 0 Å². The molecule has 15 heavy (non-hydrogen) atoms. The monoisotopic (exact) mass is 310 g/mol. The van der Waals surface area contributed by atoms with Crippen molar-refractivity contribution in [2.24, 2.45) is 0 Å². The fourth-order valence-corrected chi connectivity index (χ4v) is 0.588. The maximum atomic E-state index is 7.82. The van der Waals surface area contributed by atoms with Crippen molar-refractivity contribution in [3.63, 3.8) is 0 Å². The summed E-state index contributed by atoms with van der Waals surface area (Å²) in [7, 11) is -10.5. The first kappa shape index (κ1) is 21.6. The van der Waals surface area contributed by atoms with Crippen LogP contribution in [0.1, 0.15) is 0 Å². The van der Waals surface area contributed by atoms with E-state index in [0.717, 1.165) is 0 Å². The standard InChI is InChI=1S/H4O5P2.2H3O3P/c1-6(2)5-7(3)4;2*1-4(2)3/h1-4H;2*1-3H. The highest BCUT2D eigenvalue weighted by atomic mass is 31.2. The Labute approximate surface area is 88.5 Å². The molecule has 15 heteroatoms. The molecular formula is H10O11P4. The molecule has 0 atom stereocenters. The highest BCUT2D eigenvalue weighted by Gasteiger charge is 2.05. The van der Waals surface area contributed by atoms with Gasteiger partial charge < -0.3 is 48.9 Å². The van der Waals surface area contributed by atoms with E-state index >= 15 is 0 Å². The summed E-state index contributed by atoms with van der Waals surface area (Å²) in [5.74, 6) is 0. The maximum absolute atomic E-state index is 7.82. The molecule has 0 unspecified atom stereocenters. The van der Waals surface area contributed by atoms with E-state index in [9.17, 15) is 0 Å². The molecule has 0 aliphatic rings. The molecule has 0 heterocycles. The molecule has 0 aliphatic heterocycles. The van der Waals surface area contributed by atoms with Crippen molar-refractivity contribution < 1.29 is 53.2 Å². The molecular weight excluding hydrogens is 300 g/mol. The van der Waals surface area contributed by atoms with Crippen LogP contribution in [0.4, 0.5) is 0 Å². The third-order valence-corrected chi connectivity index (χ3v) is 1.31. The summed E-state index contributed by atoms with van der Waals surface area (Å²) in [5.41, 5.74) is 0. The lowest BCUT2D eigenvalue weighted by atomic mass is 15.7. The Morgan fingerprint density at radius 3 is 0.600 bits per heavy atom.